The average molecular weight is 235 g/mol. The molecule has 0 N–H and O–H groups in total. The molecule has 0 fully saturated rings. The highest BCUT2D eigenvalue weighted by Gasteiger charge is 2.06. The molecule has 0 aliphatic heterocycles. The molecule has 2 aromatic rings. The van der Waals surface area contributed by atoms with Crippen LogP contribution in [0.1, 0.15) is 21.2 Å². The predicted molar refractivity (Wildman–Crippen MR) is 63.6 cm³/mol. The van der Waals surface area contributed by atoms with Crippen LogP contribution in [0.5, 0.6) is 0 Å². The van der Waals surface area contributed by atoms with E-state index in [1.165, 1.54) is 4.88 Å². The molecule has 0 atom stereocenters. The summed E-state index contributed by atoms with van der Waals surface area (Å²) < 4.78 is 5.32. The van der Waals surface area contributed by atoms with Crippen molar-refractivity contribution in [3.63, 3.8) is 0 Å². The smallest absolute Gasteiger partial charge is 0.185 e. The fourth-order valence-corrected chi connectivity index (χ4v) is 2.32. The van der Waals surface area contributed by atoms with Gasteiger partial charge in [0, 0.05) is 11.4 Å². The summed E-state index contributed by atoms with van der Waals surface area (Å²) >= 11 is 1.74. The molecule has 0 aromatic carbocycles. The first-order valence-electron chi connectivity index (χ1n) is 5.03. The van der Waals surface area contributed by atoms with Crippen molar-refractivity contribution in [2.24, 2.45) is 0 Å². The molecule has 84 valence electrons. The Bertz CT molecular complexity index is 447. The van der Waals surface area contributed by atoms with E-state index in [1.54, 1.807) is 17.4 Å². The Morgan fingerprint density at radius 2 is 2.25 bits per heavy atom. The third-order valence-electron chi connectivity index (χ3n) is 2.23. The van der Waals surface area contributed by atoms with Gasteiger partial charge in [-0.2, -0.15) is 0 Å². The topological polar surface area (TPSA) is 33.5 Å². The van der Waals surface area contributed by atoms with Crippen LogP contribution in [0.25, 0.3) is 0 Å². The van der Waals surface area contributed by atoms with Gasteiger partial charge in [0.2, 0.25) is 0 Å². The molecule has 0 radical (unpaired) electrons. The second-order valence-corrected chi connectivity index (χ2v) is 4.71. The van der Waals surface area contributed by atoms with E-state index in [9.17, 15) is 4.79 Å². The molecule has 0 saturated carbocycles. The van der Waals surface area contributed by atoms with Gasteiger partial charge in [0.05, 0.1) is 6.54 Å². The normalized spacial score (nSPS) is 10.9. The maximum atomic E-state index is 10.5. The minimum atomic E-state index is 0.388. The van der Waals surface area contributed by atoms with Crippen LogP contribution < -0.4 is 0 Å². The number of nitrogens with zero attached hydrogens (tertiary/aromatic N) is 1. The highest BCUT2D eigenvalue weighted by Crippen LogP contribution is 2.14. The molecule has 0 aliphatic carbocycles. The Balaban J connectivity index is 1.91. The lowest BCUT2D eigenvalue weighted by atomic mass is 10.4. The molecule has 0 amide bonds. The largest absolute Gasteiger partial charge is 0.457 e. The number of furan rings is 1. The second kappa shape index (κ2) is 5.09. The molecular formula is C12H13NO2S. The second-order valence-electron chi connectivity index (χ2n) is 3.67. The van der Waals surface area contributed by atoms with Crippen LogP contribution >= 0.6 is 11.3 Å². The van der Waals surface area contributed by atoms with E-state index in [-0.39, 0.29) is 0 Å². The molecule has 2 rings (SSSR count). The lowest BCUT2D eigenvalue weighted by Gasteiger charge is -2.13. The fraction of sp³-hybridized carbons (Fsp3) is 0.250. The molecule has 0 saturated heterocycles. The zero-order chi connectivity index (χ0) is 11.4. The summed E-state index contributed by atoms with van der Waals surface area (Å²) in [7, 11) is 2.03. The van der Waals surface area contributed by atoms with Gasteiger partial charge >= 0.3 is 0 Å². The molecule has 2 aromatic heterocycles. The van der Waals surface area contributed by atoms with E-state index in [1.807, 2.05) is 19.2 Å². The molecule has 16 heavy (non-hydrogen) atoms. The van der Waals surface area contributed by atoms with Gasteiger partial charge in [0.15, 0.2) is 12.0 Å². The van der Waals surface area contributed by atoms with Gasteiger partial charge in [-0.15, -0.1) is 11.3 Å². The average Bonchev–Trinajstić information content (AvgIpc) is 2.89. The molecule has 2 heterocycles. The Hall–Kier alpha value is -1.39. The van der Waals surface area contributed by atoms with E-state index in [4.69, 9.17) is 4.42 Å². The maximum absolute atomic E-state index is 10.5. The fourth-order valence-electron chi connectivity index (χ4n) is 1.53. The lowest BCUT2D eigenvalue weighted by Crippen LogP contribution is -2.15. The highest BCUT2D eigenvalue weighted by molar-refractivity contribution is 7.09. The minimum Gasteiger partial charge on any atom is -0.457 e. The summed E-state index contributed by atoms with van der Waals surface area (Å²) in [6.07, 6.45) is 0.725. The van der Waals surface area contributed by atoms with Crippen LogP contribution in [0.3, 0.4) is 0 Å². The summed E-state index contributed by atoms with van der Waals surface area (Å²) in [5.41, 5.74) is 0. The third-order valence-corrected chi connectivity index (χ3v) is 3.09. The summed E-state index contributed by atoms with van der Waals surface area (Å²) in [4.78, 5) is 13.9. The molecule has 0 spiro atoms. The zero-order valence-electron chi connectivity index (χ0n) is 9.05. The van der Waals surface area contributed by atoms with Crippen molar-refractivity contribution >= 4 is 17.6 Å². The first kappa shape index (κ1) is 11.1. The quantitative estimate of drug-likeness (QED) is 0.747. The molecule has 0 aliphatic rings. The number of rotatable bonds is 5. The van der Waals surface area contributed by atoms with Crippen molar-refractivity contribution in [1.29, 1.82) is 0 Å². The van der Waals surface area contributed by atoms with E-state index in [2.05, 4.69) is 16.3 Å². The summed E-state index contributed by atoms with van der Waals surface area (Å²) in [6.45, 7) is 1.61. The third kappa shape index (κ3) is 2.81. The number of carbonyl (C=O) groups excluding carboxylic acids is 1. The monoisotopic (exact) mass is 235 g/mol. The summed E-state index contributed by atoms with van der Waals surface area (Å²) in [6, 6.07) is 7.70. The summed E-state index contributed by atoms with van der Waals surface area (Å²) in [5.74, 6) is 1.21. The van der Waals surface area contributed by atoms with Gasteiger partial charge in [0.25, 0.3) is 0 Å². The standard InChI is InChI=1S/C12H13NO2S/c1-13(8-12-3-2-6-16-12)7-10-4-5-11(9-14)15-10/h2-6,9H,7-8H2,1H3. The van der Waals surface area contributed by atoms with E-state index in [0.29, 0.717) is 12.3 Å². The van der Waals surface area contributed by atoms with Crippen molar-refractivity contribution in [2.75, 3.05) is 7.05 Å². The zero-order valence-corrected chi connectivity index (χ0v) is 9.87. The Kier molecular flexibility index (Phi) is 3.54. The van der Waals surface area contributed by atoms with Gasteiger partial charge < -0.3 is 4.42 Å². The Labute approximate surface area is 98.3 Å². The first-order valence-corrected chi connectivity index (χ1v) is 5.90. The number of hydrogen-bond donors (Lipinski definition) is 0. The van der Waals surface area contributed by atoms with E-state index >= 15 is 0 Å². The molecule has 4 heteroatoms. The van der Waals surface area contributed by atoms with E-state index < -0.39 is 0 Å². The molecule has 3 nitrogen and oxygen atoms in total. The SMILES string of the molecule is CN(Cc1ccc(C=O)o1)Cc1cccs1. The predicted octanol–water partition coefficient (Wildman–Crippen LogP) is 2.79. The Morgan fingerprint density at radius 1 is 1.38 bits per heavy atom. The van der Waals surface area contributed by atoms with Gasteiger partial charge in [-0.3, -0.25) is 9.69 Å². The lowest BCUT2D eigenvalue weighted by molar-refractivity contribution is 0.109. The van der Waals surface area contributed by atoms with Crippen LogP contribution in [-0.2, 0) is 13.1 Å². The van der Waals surface area contributed by atoms with Crippen molar-refractivity contribution in [3.05, 3.63) is 46.0 Å². The van der Waals surface area contributed by atoms with E-state index in [0.717, 1.165) is 18.6 Å². The Morgan fingerprint density at radius 3 is 2.88 bits per heavy atom. The van der Waals surface area contributed by atoms with Gasteiger partial charge in [0.1, 0.15) is 5.76 Å². The first-order chi connectivity index (χ1) is 7.78. The maximum Gasteiger partial charge on any atom is 0.185 e. The molecule has 0 bridgehead atoms. The highest BCUT2D eigenvalue weighted by atomic mass is 32.1. The van der Waals surface area contributed by atoms with Crippen LogP contribution in [-0.4, -0.2) is 18.2 Å². The number of hydrogen-bond acceptors (Lipinski definition) is 4. The van der Waals surface area contributed by atoms with Crippen molar-refractivity contribution < 1.29 is 9.21 Å². The summed E-state index contributed by atoms with van der Waals surface area (Å²) in [5, 5.41) is 2.07. The van der Waals surface area contributed by atoms with Crippen LogP contribution in [0.2, 0.25) is 0 Å². The van der Waals surface area contributed by atoms with Gasteiger partial charge in [-0.25, -0.2) is 0 Å². The van der Waals surface area contributed by atoms with Crippen molar-refractivity contribution in [1.82, 2.24) is 4.90 Å². The number of aldehydes is 1. The van der Waals surface area contributed by atoms with Gasteiger partial charge in [-0.05, 0) is 30.6 Å². The minimum absolute atomic E-state index is 0.388. The number of carbonyl (C=O) groups is 1. The van der Waals surface area contributed by atoms with Crippen LogP contribution in [0.15, 0.2) is 34.1 Å². The van der Waals surface area contributed by atoms with Crippen LogP contribution in [0, 0.1) is 0 Å². The van der Waals surface area contributed by atoms with Crippen LogP contribution in [0.4, 0.5) is 0 Å². The van der Waals surface area contributed by atoms with Crippen molar-refractivity contribution in [3.8, 4) is 0 Å². The molecule has 0 unspecified atom stereocenters. The molecular weight excluding hydrogens is 222 g/mol. The number of thiophene rings is 1. The van der Waals surface area contributed by atoms with Crippen molar-refractivity contribution in [2.45, 2.75) is 13.1 Å². The van der Waals surface area contributed by atoms with Gasteiger partial charge in [-0.1, -0.05) is 6.07 Å².